The Kier molecular flexibility index (Phi) is 6.03. The van der Waals surface area contributed by atoms with Crippen molar-refractivity contribution in [3.63, 3.8) is 0 Å². The normalized spacial score (nSPS) is 31.8. The van der Waals surface area contributed by atoms with Crippen molar-refractivity contribution in [2.45, 2.75) is 69.9 Å². The molecule has 2 aromatic rings. The molecule has 0 unspecified atom stereocenters. The number of imide groups is 1. The molecule has 8 heteroatoms. The molecule has 4 saturated carbocycles. The molecule has 1 aliphatic heterocycles. The molecule has 214 valence electrons. The number of rotatable bonds is 6. The van der Waals surface area contributed by atoms with Crippen molar-refractivity contribution >= 4 is 29.4 Å². The van der Waals surface area contributed by atoms with Crippen LogP contribution in [0, 0.1) is 23.2 Å². The maximum Gasteiger partial charge on any atom is 0.324 e. The maximum atomic E-state index is 14.5. The van der Waals surface area contributed by atoms with Crippen molar-refractivity contribution in [3.8, 4) is 0 Å². The third-order valence-corrected chi connectivity index (χ3v) is 10.9. The summed E-state index contributed by atoms with van der Waals surface area (Å²) < 4.78 is 0. The fourth-order valence-corrected chi connectivity index (χ4v) is 9.10. The van der Waals surface area contributed by atoms with Crippen molar-refractivity contribution in [2.75, 3.05) is 18.9 Å². The Morgan fingerprint density at radius 1 is 0.976 bits per heavy atom. The minimum Gasteiger partial charge on any atom is -0.326 e. The lowest BCUT2D eigenvalue weighted by molar-refractivity contribution is -0.161. The summed E-state index contributed by atoms with van der Waals surface area (Å²) in [6.45, 7) is 2.01. The number of nitrogens with zero attached hydrogens (tertiary/aromatic N) is 2. The number of amides is 5. The van der Waals surface area contributed by atoms with Gasteiger partial charge in [0.15, 0.2) is 0 Å². The van der Waals surface area contributed by atoms with Gasteiger partial charge in [-0.3, -0.25) is 19.7 Å². The van der Waals surface area contributed by atoms with Crippen LogP contribution in [0.15, 0.2) is 48.5 Å². The Bertz CT molecular complexity index is 1400. The molecule has 2 N–H and O–H groups in total. The summed E-state index contributed by atoms with van der Waals surface area (Å²) in [6.07, 6.45) is 7.48. The van der Waals surface area contributed by atoms with E-state index in [1.165, 1.54) is 24.2 Å². The minimum atomic E-state index is -0.908. The van der Waals surface area contributed by atoms with Crippen LogP contribution < -0.4 is 10.6 Å². The van der Waals surface area contributed by atoms with Gasteiger partial charge in [-0.25, -0.2) is 4.79 Å². The highest BCUT2D eigenvalue weighted by molar-refractivity contribution is 6.07. The molecule has 6 aliphatic rings. The molecule has 1 saturated heterocycles. The standard InChI is InChI=1S/C33H38N4O4/c1-20(24-6-4-3-5-7-24)37(30(40)32-14-21-10-22(15-32)12-23(11-21)16-32)19-28(38)34-27-9-8-25-17-33(18-26(25)13-27)29(39)35-31(41)36(33)2/h3-9,13,20-23H,10-12,14-19H2,1-2H3,(H,34,38)(H,35,39,41)/t20-,21?,22?,23?,32?,33+/m1/s1. The van der Waals surface area contributed by atoms with Crippen LogP contribution in [0.2, 0.25) is 0 Å². The third-order valence-electron chi connectivity index (χ3n) is 10.9. The quantitative estimate of drug-likeness (QED) is 0.516. The van der Waals surface area contributed by atoms with Gasteiger partial charge in [0.2, 0.25) is 11.8 Å². The number of carbonyl (C=O) groups excluding carboxylic acids is 4. The van der Waals surface area contributed by atoms with Crippen LogP contribution in [0.4, 0.5) is 10.5 Å². The molecule has 5 fully saturated rings. The van der Waals surface area contributed by atoms with Gasteiger partial charge in [0, 0.05) is 25.6 Å². The van der Waals surface area contributed by atoms with E-state index in [9.17, 15) is 19.2 Å². The summed E-state index contributed by atoms with van der Waals surface area (Å²) in [5.74, 6) is 1.54. The summed E-state index contributed by atoms with van der Waals surface area (Å²) in [7, 11) is 1.65. The van der Waals surface area contributed by atoms with Crippen molar-refractivity contribution in [2.24, 2.45) is 23.2 Å². The van der Waals surface area contributed by atoms with Gasteiger partial charge in [-0.1, -0.05) is 36.4 Å². The van der Waals surface area contributed by atoms with E-state index < -0.39 is 5.54 Å². The number of hydrogen-bond acceptors (Lipinski definition) is 4. The topological polar surface area (TPSA) is 98.8 Å². The Hall–Kier alpha value is -3.68. The highest BCUT2D eigenvalue weighted by Gasteiger charge is 2.56. The average molecular weight is 555 g/mol. The first kappa shape index (κ1) is 26.2. The molecule has 1 heterocycles. The second-order valence-corrected chi connectivity index (χ2v) is 13.5. The van der Waals surface area contributed by atoms with Crippen LogP contribution in [0.3, 0.4) is 0 Å². The van der Waals surface area contributed by atoms with Crippen LogP contribution in [-0.2, 0) is 27.2 Å². The van der Waals surface area contributed by atoms with E-state index >= 15 is 0 Å². The molecule has 0 radical (unpaired) electrons. The molecule has 0 aromatic heterocycles. The Morgan fingerprint density at radius 3 is 2.22 bits per heavy atom. The van der Waals surface area contributed by atoms with Gasteiger partial charge in [0.25, 0.3) is 5.91 Å². The highest BCUT2D eigenvalue weighted by Crippen LogP contribution is 2.61. The predicted octanol–water partition coefficient (Wildman–Crippen LogP) is 4.45. The lowest BCUT2D eigenvalue weighted by Crippen LogP contribution is -2.56. The van der Waals surface area contributed by atoms with Gasteiger partial charge in [-0.15, -0.1) is 0 Å². The number of nitrogens with one attached hydrogen (secondary N) is 2. The largest absolute Gasteiger partial charge is 0.326 e. The summed E-state index contributed by atoms with van der Waals surface area (Å²) in [6, 6.07) is 15.0. The van der Waals surface area contributed by atoms with E-state index in [0.717, 1.165) is 36.0 Å². The summed E-state index contributed by atoms with van der Waals surface area (Å²) in [5, 5.41) is 5.46. The molecule has 8 nitrogen and oxygen atoms in total. The van der Waals surface area contributed by atoms with E-state index in [2.05, 4.69) is 10.6 Å². The van der Waals surface area contributed by atoms with Crippen molar-refractivity contribution in [1.29, 1.82) is 0 Å². The van der Waals surface area contributed by atoms with E-state index in [-0.39, 0.29) is 41.8 Å². The molecular formula is C33H38N4O4. The van der Waals surface area contributed by atoms with Crippen LogP contribution >= 0.6 is 0 Å². The second-order valence-electron chi connectivity index (χ2n) is 13.5. The van der Waals surface area contributed by atoms with Crippen molar-refractivity contribution < 1.29 is 19.2 Å². The zero-order chi connectivity index (χ0) is 28.5. The van der Waals surface area contributed by atoms with Gasteiger partial charge in [0.05, 0.1) is 11.5 Å². The first-order valence-electron chi connectivity index (χ1n) is 15.0. The second kappa shape index (κ2) is 9.43. The summed E-state index contributed by atoms with van der Waals surface area (Å²) >= 11 is 0. The van der Waals surface area contributed by atoms with E-state index in [4.69, 9.17) is 0 Å². The Balaban J connectivity index is 1.11. The van der Waals surface area contributed by atoms with Crippen LogP contribution in [0.1, 0.15) is 68.2 Å². The number of benzene rings is 2. The van der Waals surface area contributed by atoms with Gasteiger partial charge in [0.1, 0.15) is 12.1 Å². The highest BCUT2D eigenvalue weighted by atomic mass is 16.2. The predicted molar refractivity (Wildman–Crippen MR) is 154 cm³/mol. The van der Waals surface area contributed by atoms with E-state index in [1.54, 1.807) is 7.05 Å². The zero-order valence-corrected chi connectivity index (χ0v) is 23.8. The SMILES string of the molecule is C[C@H](c1ccccc1)N(CC(=O)Nc1ccc2c(c1)C[C@@]1(C2)C(=O)NC(=O)N1C)C(=O)C12CC3CC(CC(C3)C1)C2. The minimum absolute atomic E-state index is 0.0166. The molecular weight excluding hydrogens is 516 g/mol. The number of urea groups is 1. The fraction of sp³-hybridized carbons (Fsp3) is 0.515. The van der Waals surface area contributed by atoms with Crippen LogP contribution in [0.5, 0.6) is 0 Å². The van der Waals surface area contributed by atoms with Gasteiger partial charge in [-0.05, 0) is 92.0 Å². The van der Waals surface area contributed by atoms with E-state index in [1.807, 2.05) is 60.4 Å². The molecule has 2 aromatic carbocycles. The molecule has 5 amide bonds. The number of likely N-dealkylation sites (N-methyl/N-ethyl adjacent to an activating group) is 1. The first-order chi connectivity index (χ1) is 19.7. The summed E-state index contributed by atoms with van der Waals surface area (Å²) in [5.41, 5.74) is 2.34. The molecule has 5 aliphatic carbocycles. The molecule has 1 spiro atoms. The molecule has 41 heavy (non-hydrogen) atoms. The molecule has 4 bridgehead atoms. The third kappa shape index (κ3) is 4.25. The van der Waals surface area contributed by atoms with Crippen molar-refractivity contribution in [3.05, 3.63) is 65.2 Å². The van der Waals surface area contributed by atoms with Gasteiger partial charge >= 0.3 is 6.03 Å². The van der Waals surface area contributed by atoms with Gasteiger partial charge < -0.3 is 15.1 Å². The lowest BCUT2D eigenvalue weighted by atomic mass is 9.49. The van der Waals surface area contributed by atoms with E-state index in [0.29, 0.717) is 36.3 Å². The fourth-order valence-electron chi connectivity index (χ4n) is 9.10. The van der Waals surface area contributed by atoms with Crippen molar-refractivity contribution in [1.82, 2.24) is 15.1 Å². The van der Waals surface area contributed by atoms with Crippen LogP contribution in [0.25, 0.3) is 0 Å². The number of anilines is 1. The number of carbonyl (C=O) groups is 4. The number of hydrogen-bond donors (Lipinski definition) is 2. The smallest absolute Gasteiger partial charge is 0.324 e. The lowest BCUT2D eigenvalue weighted by Gasteiger charge is -2.57. The first-order valence-corrected chi connectivity index (χ1v) is 15.0. The van der Waals surface area contributed by atoms with Gasteiger partial charge in [-0.2, -0.15) is 0 Å². The maximum absolute atomic E-state index is 14.5. The molecule has 8 rings (SSSR count). The Labute approximate surface area is 240 Å². The molecule has 2 atom stereocenters. The number of fused-ring (bicyclic) bond motifs is 1. The monoisotopic (exact) mass is 554 g/mol. The van der Waals surface area contributed by atoms with Crippen LogP contribution in [-0.4, -0.2) is 52.7 Å². The zero-order valence-electron chi connectivity index (χ0n) is 23.8. The Morgan fingerprint density at radius 2 is 1.61 bits per heavy atom. The summed E-state index contributed by atoms with van der Waals surface area (Å²) in [4.78, 5) is 56.1. The average Bonchev–Trinajstić information content (AvgIpc) is 3.43.